The lowest BCUT2D eigenvalue weighted by Gasteiger charge is -2.19. The molecule has 0 saturated carbocycles. The van der Waals surface area contributed by atoms with Crippen LogP contribution < -0.4 is 9.47 Å². The highest BCUT2D eigenvalue weighted by Crippen LogP contribution is 2.27. The second-order valence-corrected chi connectivity index (χ2v) is 8.59. The van der Waals surface area contributed by atoms with Crippen LogP contribution in [0.25, 0.3) is 11.1 Å². The summed E-state index contributed by atoms with van der Waals surface area (Å²) in [6, 6.07) is 14.0. The molecule has 35 heavy (non-hydrogen) atoms. The number of unbranched alkanes of at least 4 members (excludes halogenated alkanes) is 7. The van der Waals surface area contributed by atoms with Gasteiger partial charge in [0.15, 0.2) is 0 Å². The molecular weight excluding hydrogens is 457 g/mol. The highest BCUT2D eigenvalue weighted by molar-refractivity contribution is 5.78. The zero-order valence-electron chi connectivity index (χ0n) is 20.7. The zero-order chi connectivity index (χ0) is 25.5. The van der Waals surface area contributed by atoms with Gasteiger partial charge < -0.3 is 14.2 Å². The summed E-state index contributed by atoms with van der Waals surface area (Å²) in [6.45, 7) is 4.67. The smallest absolute Gasteiger partial charge is 0.425 e. The molecule has 0 bridgehead atoms. The van der Waals surface area contributed by atoms with Gasteiger partial charge in [0.1, 0.15) is 11.5 Å². The number of alkyl halides is 3. The van der Waals surface area contributed by atoms with Crippen LogP contribution in [0.3, 0.4) is 0 Å². The molecule has 1 atom stereocenters. The molecule has 0 aliphatic rings. The molecule has 194 valence electrons. The van der Waals surface area contributed by atoms with Crippen molar-refractivity contribution in [3.8, 4) is 22.6 Å². The Morgan fingerprint density at radius 2 is 1.20 bits per heavy atom. The van der Waals surface area contributed by atoms with E-state index in [1.807, 2.05) is 31.2 Å². The molecule has 0 aromatic heterocycles. The Morgan fingerprint density at radius 1 is 0.714 bits per heavy atom. The van der Waals surface area contributed by atoms with Crippen LogP contribution in [0.4, 0.5) is 13.2 Å². The van der Waals surface area contributed by atoms with Gasteiger partial charge in [-0.1, -0.05) is 83.1 Å². The number of benzene rings is 2. The van der Waals surface area contributed by atoms with Crippen LogP contribution in [-0.2, 0) is 9.53 Å². The van der Waals surface area contributed by atoms with Gasteiger partial charge in [0, 0.05) is 6.61 Å². The summed E-state index contributed by atoms with van der Waals surface area (Å²) in [5.41, 5.74) is 1.76. The fourth-order valence-corrected chi connectivity index (χ4v) is 3.55. The molecule has 0 saturated heterocycles. The molecule has 0 amide bonds. The minimum absolute atomic E-state index is 0.0315. The first-order valence-corrected chi connectivity index (χ1v) is 12.6. The van der Waals surface area contributed by atoms with Gasteiger partial charge >= 0.3 is 12.1 Å². The van der Waals surface area contributed by atoms with Gasteiger partial charge in [-0.2, -0.15) is 13.2 Å². The summed E-state index contributed by atoms with van der Waals surface area (Å²) >= 11 is 0. The molecule has 0 aliphatic carbocycles. The lowest BCUT2D eigenvalue weighted by molar-refractivity contribution is -0.225. The number of halogens is 3. The first-order valence-electron chi connectivity index (χ1n) is 12.6. The number of hydrogen-bond donors (Lipinski definition) is 0. The molecule has 0 spiro atoms. The number of hydrogen-bond acceptors (Lipinski definition) is 4. The van der Waals surface area contributed by atoms with Crippen molar-refractivity contribution in [2.45, 2.75) is 83.9 Å². The van der Waals surface area contributed by atoms with Crippen molar-refractivity contribution in [1.82, 2.24) is 0 Å². The van der Waals surface area contributed by atoms with E-state index in [1.165, 1.54) is 44.2 Å². The van der Waals surface area contributed by atoms with Crippen LogP contribution >= 0.6 is 0 Å². The van der Waals surface area contributed by atoms with E-state index < -0.39 is 18.2 Å². The molecule has 2 aromatic carbocycles. The van der Waals surface area contributed by atoms with E-state index in [-0.39, 0.29) is 12.4 Å². The first-order chi connectivity index (χ1) is 16.8. The maximum Gasteiger partial charge on any atom is 0.425 e. The Hall–Kier alpha value is -2.54. The second-order valence-electron chi connectivity index (χ2n) is 8.59. The van der Waals surface area contributed by atoms with Crippen LogP contribution in [0.2, 0.25) is 0 Å². The van der Waals surface area contributed by atoms with Crippen LogP contribution in [0.15, 0.2) is 48.5 Å². The Bertz CT molecular complexity index is 848. The summed E-state index contributed by atoms with van der Waals surface area (Å²) in [4.78, 5) is 12.1. The van der Waals surface area contributed by atoms with E-state index in [0.717, 1.165) is 36.1 Å². The molecule has 0 radical (unpaired) electrons. The molecule has 7 heteroatoms. The van der Waals surface area contributed by atoms with Crippen molar-refractivity contribution in [2.24, 2.45) is 0 Å². The largest absolute Gasteiger partial charge is 0.494 e. The van der Waals surface area contributed by atoms with Crippen LogP contribution in [-0.4, -0.2) is 31.5 Å². The lowest BCUT2D eigenvalue weighted by atomic mass is 10.1. The molecule has 2 aromatic rings. The van der Waals surface area contributed by atoms with E-state index in [0.29, 0.717) is 13.0 Å². The molecule has 1 unspecified atom stereocenters. The molecule has 4 nitrogen and oxygen atoms in total. The normalized spacial score (nSPS) is 12.4. The zero-order valence-corrected chi connectivity index (χ0v) is 20.7. The first kappa shape index (κ1) is 28.7. The number of esters is 1. The Balaban J connectivity index is 1.86. The monoisotopic (exact) mass is 494 g/mol. The maximum atomic E-state index is 13.2. The third-order valence-corrected chi connectivity index (χ3v) is 5.57. The fourth-order valence-electron chi connectivity index (χ4n) is 3.55. The molecule has 0 heterocycles. The predicted molar refractivity (Wildman–Crippen MR) is 132 cm³/mol. The van der Waals surface area contributed by atoms with Gasteiger partial charge in [0.25, 0.3) is 6.10 Å². The number of carbonyl (C=O) groups excluding carboxylic acids is 1. The average molecular weight is 495 g/mol. The van der Waals surface area contributed by atoms with Gasteiger partial charge in [-0.15, -0.1) is 0 Å². The number of rotatable bonds is 16. The van der Waals surface area contributed by atoms with Crippen LogP contribution in [0.1, 0.15) is 71.6 Å². The summed E-state index contributed by atoms with van der Waals surface area (Å²) in [7, 11) is 0. The van der Waals surface area contributed by atoms with Crippen molar-refractivity contribution in [1.29, 1.82) is 0 Å². The minimum atomic E-state index is -4.83. The summed E-state index contributed by atoms with van der Waals surface area (Å²) in [5.74, 6) is -0.636. The molecule has 0 fully saturated rings. The van der Waals surface area contributed by atoms with Gasteiger partial charge in [0.05, 0.1) is 6.61 Å². The van der Waals surface area contributed by atoms with Crippen LogP contribution in [0, 0.1) is 0 Å². The highest BCUT2D eigenvalue weighted by Gasteiger charge is 2.47. The standard InChI is InChI=1S/C28H37F3O4/c1-3-5-7-8-9-11-20-33-24-16-12-22(13-17-24)23-14-18-25(19-15-23)35-27(32)26(28(29,30)31)34-21-10-6-4-2/h12-19,26H,3-11,20-21H2,1-2H3. The van der Waals surface area contributed by atoms with Crippen LogP contribution in [0.5, 0.6) is 11.5 Å². The topological polar surface area (TPSA) is 44.8 Å². The SMILES string of the molecule is CCCCCCCCOc1ccc(-c2ccc(OC(=O)C(OCCCCC)C(F)(F)F)cc2)cc1. The van der Waals surface area contributed by atoms with E-state index in [4.69, 9.17) is 14.2 Å². The van der Waals surface area contributed by atoms with E-state index in [1.54, 1.807) is 12.1 Å². The highest BCUT2D eigenvalue weighted by atomic mass is 19.4. The van der Waals surface area contributed by atoms with Crippen molar-refractivity contribution < 1.29 is 32.2 Å². The molecule has 0 N–H and O–H groups in total. The number of carbonyl (C=O) groups is 1. The molecular formula is C28H37F3O4. The van der Waals surface area contributed by atoms with Gasteiger partial charge in [0.2, 0.25) is 0 Å². The predicted octanol–water partition coefficient (Wildman–Crippen LogP) is 8.14. The van der Waals surface area contributed by atoms with Gasteiger partial charge in [-0.3, -0.25) is 0 Å². The van der Waals surface area contributed by atoms with E-state index in [2.05, 4.69) is 6.92 Å². The summed E-state index contributed by atoms with van der Waals surface area (Å²) < 4.78 is 55.2. The van der Waals surface area contributed by atoms with Crippen molar-refractivity contribution in [3.63, 3.8) is 0 Å². The minimum Gasteiger partial charge on any atom is -0.494 e. The Labute approximate surface area is 206 Å². The Kier molecular flexibility index (Phi) is 12.7. The maximum absolute atomic E-state index is 13.2. The Morgan fingerprint density at radius 3 is 1.77 bits per heavy atom. The molecule has 2 rings (SSSR count). The van der Waals surface area contributed by atoms with E-state index >= 15 is 0 Å². The van der Waals surface area contributed by atoms with Crippen molar-refractivity contribution >= 4 is 5.97 Å². The fraction of sp³-hybridized carbons (Fsp3) is 0.536. The molecule has 0 aliphatic heterocycles. The third kappa shape index (κ3) is 10.7. The number of ether oxygens (including phenoxy) is 3. The lowest BCUT2D eigenvalue weighted by Crippen LogP contribution is -2.42. The quantitative estimate of drug-likeness (QED) is 0.134. The average Bonchev–Trinajstić information content (AvgIpc) is 2.83. The van der Waals surface area contributed by atoms with E-state index in [9.17, 15) is 18.0 Å². The summed E-state index contributed by atoms with van der Waals surface area (Å²) in [6.07, 6.45) is 1.84. The third-order valence-electron chi connectivity index (χ3n) is 5.57. The van der Waals surface area contributed by atoms with Gasteiger partial charge in [-0.05, 0) is 48.2 Å². The summed E-state index contributed by atoms with van der Waals surface area (Å²) in [5, 5.41) is 0. The second kappa shape index (κ2) is 15.5. The van der Waals surface area contributed by atoms with Crippen molar-refractivity contribution in [3.05, 3.63) is 48.5 Å². The van der Waals surface area contributed by atoms with Crippen molar-refractivity contribution in [2.75, 3.05) is 13.2 Å². The van der Waals surface area contributed by atoms with Gasteiger partial charge in [-0.25, -0.2) is 4.79 Å².